The molecule has 1 rings (SSSR count). The minimum atomic E-state index is -0.0364. The summed E-state index contributed by atoms with van der Waals surface area (Å²) in [7, 11) is 2.16. The van der Waals surface area contributed by atoms with Crippen LogP contribution in [0.1, 0.15) is 298 Å². The van der Waals surface area contributed by atoms with E-state index in [-0.39, 0.29) is 5.97 Å². The normalized spacial score (nSPS) is 13.1. The fourth-order valence-corrected chi connectivity index (χ4v) is 10.3. The first-order chi connectivity index (χ1) is 35.8. The molecule has 0 spiro atoms. The van der Waals surface area contributed by atoms with Crippen LogP contribution >= 0.6 is 0 Å². The molecule has 0 saturated carbocycles. The van der Waals surface area contributed by atoms with Crippen LogP contribution in [0.4, 0.5) is 0 Å². The number of aldehydes is 1. The zero-order chi connectivity index (χ0) is 53.3. The number of carbonyl (C=O) groups is 3. The molecule has 1 aliphatic rings. The molecule has 9 heteroatoms. The number of rotatable bonds is 55. The SMILES string of the molecule is CCCCCCCCCCCCCCN(CC=O)CCCCCCCC(=O)OCCCCC.CCCCCCCCCN(CCCCCCCC)CCN(CCCCCCCCC)CC(=O)N1CCN(C)CC1. The Morgan fingerprint density at radius 1 is 0.384 bits per heavy atom. The van der Waals surface area contributed by atoms with Gasteiger partial charge >= 0.3 is 5.97 Å². The Morgan fingerprint density at radius 3 is 1.08 bits per heavy atom. The third-order valence-corrected chi connectivity index (χ3v) is 15.5. The van der Waals surface area contributed by atoms with Gasteiger partial charge in [0.1, 0.15) is 6.29 Å². The molecule has 0 radical (unpaired) electrons. The summed E-state index contributed by atoms with van der Waals surface area (Å²) in [5, 5.41) is 0. The Bertz CT molecular complexity index is 1140. The molecule has 1 aliphatic heterocycles. The molecule has 73 heavy (non-hydrogen) atoms. The highest BCUT2D eigenvalue weighted by molar-refractivity contribution is 5.78. The predicted octanol–water partition coefficient (Wildman–Crippen LogP) is 16.5. The lowest BCUT2D eigenvalue weighted by Gasteiger charge is -2.34. The molecule has 1 fully saturated rings. The lowest BCUT2D eigenvalue weighted by atomic mass is 10.1. The maximum absolute atomic E-state index is 13.2. The summed E-state index contributed by atoms with van der Waals surface area (Å²) >= 11 is 0. The minimum Gasteiger partial charge on any atom is -0.466 e. The maximum Gasteiger partial charge on any atom is 0.305 e. The van der Waals surface area contributed by atoms with Gasteiger partial charge in [0.2, 0.25) is 5.91 Å². The Kier molecular flexibility index (Phi) is 56.9. The number of piperazine rings is 1. The number of unbranched alkanes of at least 4 members (excludes halogenated alkanes) is 34. The number of nitrogens with zero attached hydrogens (tertiary/aromatic N) is 5. The number of esters is 1. The second kappa shape index (κ2) is 58.1. The summed E-state index contributed by atoms with van der Waals surface area (Å²) in [6, 6.07) is 0. The lowest BCUT2D eigenvalue weighted by Crippen LogP contribution is -2.50. The highest BCUT2D eigenvalue weighted by atomic mass is 16.5. The van der Waals surface area contributed by atoms with E-state index >= 15 is 0 Å². The van der Waals surface area contributed by atoms with Gasteiger partial charge in [0, 0.05) is 45.7 Å². The van der Waals surface area contributed by atoms with E-state index in [2.05, 4.69) is 66.2 Å². The standard InChI is InChI=1S/C35H72N4O.C29H57NO3/c1-5-8-11-14-17-20-23-26-37(25-22-19-16-13-10-7-3)30-31-38(27-24-21-18-15-12-9-6-2)34-35(40)39-32-28-36(4)29-33-39;1-3-5-7-8-9-10-11-12-13-14-17-20-24-30(26-27-31)25-21-18-15-16-19-23-29(32)33-28-22-6-4-2/h5-34H2,1-4H3;27H,3-26,28H2,1-2H3. The zero-order valence-corrected chi connectivity index (χ0v) is 50.3. The van der Waals surface area contributed by atoms with E-state index in [1.165, 1.54) is 225 Å². The Morgan fingerprint density at radius 2 is 0.699 bits per heavy atom. The molecule has 0 bridgehead atoms. The van der Waals surface area contributed by atoms with Gasteiger partial charge in [-0.2, -0.15) is 0 Å². The van der Waals surface area contributed by atoms with Gasteiger partial charge in [-0.05, 0) is 84.7 Å². The highest BCUT2D eigenvalue weighted by Crippen LogP contribution is 2.15. The van der Waals surface area contributed by atoms with Crippen molar-refractivity contribution >= 4 is 18.2 Å². The second-order valence-corrected chi connectivity index (χ2v) is 22.6. The fourth-order valence-electron chi connectivity index (χ4n) is 10.3. The van der Waals surface area contributed by atoms with Crippen LogP contribution in [-0.4, -0.2) is 141 Å². The Hall–Kier alpha value is -1.55. The maximum atomic E-state index is 13.2. The average Bonchev–Trinajstić information content (AvgIpc) is 3.39. The first-order valence-corrected chi connectivity index (χ1v) is 32.6. The summed E-state index contributed by atoms with van der Waals surface area (Å²) in [6.45, 7) is 24.7. The van der Waals surface area contributed by atoms with Crippen LogP contribution in [0.5, 0.6) is 0 Å². The minimum absolute atomic E-state index is 0.0364. The molecule has 1 amide bonds. The highest BCUT2D eigenvalue weighted by Gasteiger charge is 2.22. The van der Waals surface area contributed by atoms with Crippen molar-refractivity contribution < 1.29 is 19.1 Å². The molecular weight excluding hydrogens is 903 g/mol. The largest absolute Gasteiger partial charge is 0.466 e. The van der Waals surface area contributed by atoms with Crippen molar-refractivity contribution in [1.82, 2.24) is 24.5 Å². The molecular formula is C64H129N5O4. The van der Waals surface area contributed by atoms with Gasteiger partial charge in [-0.3, -0.25) is 19.4 Å². The van der Waals surface area contributed by atoms with E-state index in [9.17, 15) is 14.4 Å². The summed E-state index contributed by atoms with van der Waals surface area (Å²) in [5.41, 5.74) is 0. The number of likely N-dealkylation sites (N-methyl/N-ethyl adjacent to an activating group) is 1. The van der Waals surface area contributed by atoms with E-state index in [0.717, 1.165) is 110 Å². The van der Waals surface area contributed by atoms with Crippen LogP contribution in [0.15, 0.2) is 0 Å². The van der Waals surface area contributed by atoms with Crippen molar-refractivity contribution in [3.05, 3.63) is 0 Å². The predicted molar refractivity (Wildman–Crippen MR) is 318 cm³/mol. The van der Waals surface area contributed by atoms with E-state index < -0.39 is 0 Å². The summed E-state index contributed by atoms with van der Waals surface area (Å²) in [6.07, 6.45) is 54.0. The topological polar surface area (TPSA) is 76.6 Å². The van der Waals surface area contributed by atoms with Gasteiger partial charge in [0.15, 0.2) is 0 Å². The first-order valence-electron chi connectivity index (χ1n) is 32.6. The van der Waals surface area contributed by atoms with Crippen LogP contribution in [0.2, 0.25) is 0 Å². The molecule has 434 valence electrons. The van der Waals surface area contributed by atoms with Crippen LogP contribution in [0, 0.1) is 0 Å². The number of amides is 1. The van der Waals surface area contributed by atoms with Crippen molar-refractivity contribution in [3.8, 4) is 0 Å². The van der Waals surface area contributed by atoms with Crippen LogP contribution < -0.4 is 0 Å². The van der Waals surface area contributed by atoms with Gasteiger partial charge in [-0.25, -0.2) is 0 Å². The van der Waals surface area contributed by atoms with Gasteiger partial charge in [0.05, 0.1) is 19.7 Å². The van der Waals surface area contributed by atoms with Crippen molar-refractivity contribution in [3.63, 3.8) is 0 Å². The van der Waals surface area contributed by atoms with E-state index in [0.29, 0.717) is 32.0 Å². The molecule has 0 aliphatic carbocycles. The molecule has 0 aromatic rings. The molecule has 9 nitrogen and oxygen atoms in total. The molecule has 0 unspecified atom stereocenters. The van der Waals surface area contributed by atoms with E-state index in [1.807, 2.05) is 0 Å². The molecule has 0 atom stereocenters. The first kappa shape index (κ1) is 71.5. The fraction of sp³-hybridized carbons (Fsp3) is 0.953. The number of hydrogen-bond acceptors (Lipinski definition) is 8. The third-order valence-electron chi connectivity index (χ3n) is 15.5. The van der Waals surface area contributed by atoms with Crippen LogP contribution in [-0.2, 0) is 19.1 Å². The van der Waals surface area contributed by atoms with Crippen LogP contribution in [0.3, 0.4) is 0 Å². The quantitative estimate of drug-likeness (QED) is 0.0339. The van der Waals surface area contributed by atoms with Gasteiger partial charge in [-0.15, -0.1) is 0 Å². The number of hydrogen-bond donors (Lipinski definition) is 0. The lowest BCUT2D eigenvalue weighted by molar-refractivity contribution is -0.144. The Balaban J connectivity index is 0.00000145. The molecule has 1 saturated heterocycles. The third kappa shape index (κ3) is 51.0. The summed E-state index contributed by atoms with van der Waals surface area (Å²) < 4.78 is 5.25. The van der Waals surface area contributed by atoms with Crippen molar-refractivity contribution in [2.45, 2.75) is 298 Å². The smallest absolute Gasteiger partial charge is 0.305 e. The monoisotopic (exact) mass is 1030 g/mol. The van der Waals surface area contributed by atoms with Crippen molar-refractivity contribution in [2.75, 3.05) is 98.7 Å². The molecule has 0 aromatic carbocycles. The molecule has 0 N–H and O–H groups in total. The molecule has 0 aromatic heterocycles. The van der Waals surface area contributed by atoms with Gasteiger partial charge < -0.3 is 24.2 Å². The molecule has 1 heterocycles. The van der Waals surface area contributed by atoms with Crippen molar-refractivity contribution in [2.24, 2.45) is 0 Å². The number of ether oxygens (including phenoxy) is 1. The van der Waals surface area contributed by atoms with Gasteiger partial charge in [-0.1, -0.05) is 247 Å². The summed E-state index contributed by atoms with van der Waals surface area (Å²) in [5.74, 6) is 0.316. The summed E-state index contributed by atoms with van der Waals surface area (Å²) in [4.78, 5) is 47.9. The zero-order valence-electron chi connectivity index (χ0n) is 50.3. The van der Waals surface area contributed by atoms with E-state index in [1.54, 1.807) is 0 Å². The second-order valence-electron chi connectivity index (χ2n) is 22.6. The van der Waals surface area contributed by atoms with Crippen molar-refractivity contribution in [1.29, 1.82) is 0 Å². The van der Waals surface area contributed by atoms with Crippen LogP contribution in [0.25, 0.3) is 0 Å². The van der Waals surface area contributed by atoms with Gasteiger partial charge in [0.25, 0.3) is 0 Å². The number of carbonyl (C=O) groups excluding carboxylic acids is 3. The van der Waals surface area contributed by atoms with E-state index in [4.69, 9.17) is 4.74 Å². The Labute approximate surface area is 456 Å². The average molecular weight is 1030 g/mol.